The molecule has 1 saturated carbocycles. The van der Waals surface area contributed by atoms with Crippen molar-refractivity contribution in [3.8, 4) is 5.88 Å². The molecule has 214 valence electrons. The number of ether oxygens (including phenoxy) is 1. The lowest BCUT2D eigenvalue weighted by molar-refractivity contribution is -0.154. The van der Waals surface area contributed by atoms with Gasteiger partial charge in [-0.05, 0) is 68.2 Å². The third-order valence-electron chi connectivity index (χ3n) is 7.26. The Balaban J connectivity index is 1.35. The molecule has 3 aromatic rings. The number of hydrogen-bond acceptors (Lipinski definition) is 7. The van der Waals surface area contributed by atoms with Crippen LogP contribution in [0.1, 0.15) is 61.0 Å². The summed E-state index contributed by atoms with van der Waals surface area (Å²) in [4.78, 5) is 47.9. The van der Waals surface area contributed by atoms with Crippen molar-refractivity contribution < 1.29 is 27.1 Å². The molecule has 0 atom stereocenters. The molecule has 3 aromatic heterocycles. The van der Waals surface area contributed by atoms with Gasteiger partial charge in [-0.15, -0.1) is 0 Å². The van der Waals surface area contributed by atoms with E-state index >= 15 is 0 Å². The third kappa shape index (κ3) is 6.01. The van der Waals surface area contributed by atoms with Crippen LogP contribution >= 0.6 is 11.8 Å². The van der Waals surface area contributed by atoms with E-state index in [0.717, 1.165) is 36.6 Å². The van der Waals surface area contributed by atoms with Gasteiger partial charge < -0.3 is 10.1 Å². The van der Waals surface area contributed by atoms with Crippen molar-refractivity contribution in [2.75, 3.05) is 18.1 Å². The number of rotatable bonds is 6. The van der Waals surface area contributed by atoms with Crippen LogP contribution in [0.25, 0.3) is 11.0 Å². The topological polar surface area (TPSA) is 108 Å². The van der Waals surface area contributed by atoms with Crippen LogP contribution in [0.4, 0.5) is 17.6 Å². The van der Waals surface area contributed by atoms with Gasteiger partial charge >= 0.3 is 11.9 Å². The Morgan fingerprint density at radius 2 is 1.75 bits per heavy atom. The summed E-state index contributed by atoms with van der Waals surface area (Å²) in [5.74, 6) is 0.0145. The number of thioether (sulfide) groups is 1. The Hall–Kier alpha value is -3.42. The van der Waals surface area contributed by atoms with E-state index in [9.17, 15) is 31.9 Å². The first-order valence-corrected chi connectivity index (χ1v) is 14.1. The summed E-state index contributed by atoms with van der Waals surface area (Å²) in [6, 6.07) is 2.92. The molecule has 0 unspecified atom stereocenters. The molecule has 1 aliphatic carbocycles. The van der Waals surface area contributed by atoms with Gasteiger partial charge in [0.1, 0.15) is 17.0 Å². The second-order valence-electron chi connectivity index (χ2n) is 9.93. The molecule has 1 N–H and O–H groups in total. The van der Waals surface area contributed by atoms with Crippen LogP contribution in [0.15, 0.2) is 40.2 Å². The summed E-state index contributed by atoms with van der Waals surface area (Å²) < 4.78 is 59.3. The minimum Gasteiger partial charge on any atom is -0.467 e. The Bertz CT molecular complexity index is 1510. The number of carbonyl (C=O) groups excluding carboxylic acids is 1. The average Bonchev–Trinajstić information content (AvgIpc) is 2.93. The fourth-order valence-electron chi connectivity index (χ4n) is 5.37. The largest absolute Gasteiger partial charge is 0.467 e. The Labute approximate surface area is 229 Å². The van der Waals surface area contributed by atoms with Gasteiger partial charge in [0, 0.05) is 24.3 Å². The fourth-order valence-corrected chi connectivity index (χ4v) is 6.45. The SMILES string of the molecule is O=C(NC1CCC(n2c(=O)c3cc(F)cnc3n(C3CCSCC3)c2=O)CC1)c1cccnc1OCC(F)(F)F. The first-order chi connectivity index (χ1) is 19.1. The maximum Gasteiger partial charge on any atom is 0.422 e. The predicted molar refractivity (Wildman–Crippen MR) is 140 cm³/mol. The summed E-state index contributed by atoms with van der Waals surface area (Å²) in [6.07, 6.45) is 0.739. The van der Waals surface area contributed by atoms with Crippen molar-refractivity contribution in [3.05, 3.63) is 62.8 Å². The van der Waals surface area contributed by atoms with Crippen LogP contribution < -0.4 is 21.3 Å². The molecule has 5 rings (SSSR count). The van der Waals surface area contributed by atoms with Gasteiger partial charge in [0.2, 0.25) is 5.88 Å². The van der Waals surface area contributed by atoms with Crippen molar-refractivity contribution >= 4 is 28.7 Å². The molecule has 2 fully saturated rings. The van der Waals surface area contributed by atoms with Gasteiger partial charge in [0.25, 0.3) is 11.5 Å². The zero-order chi connectivity index (χ0) is 28.4. The van der Waals surface area contributed by atoms with Crippen LogP contribution in [-0.2, 0) is 0 Å². The van der Waals surface area contributed by atoms with E-state index in [1.807, 2.05) is 0 Å². The molecule has 0 bridgehead atoms. The molecule has 1 aliphatic heterocycles. The van der Waals surface area contributed by atoms with E-state index < -0.39 is 47.7 Å². The first kappa shape index (κ1) is 28.1. The Morgan fingerprint density at radius 3 is 2.45 bits per heavy atom. The lowest BCUT2D eigenvalue weighted by Crippen LogP contribution is -2.46. The summed E-state index contributed by atoms with van der Waals surface area (Å²) in [5.41, 5.74) is -1.00. The lowest BCUT2D eigenvalue weighted by atomic mass is 9.90. The number of aromatic nitrogens is 4. The molecule has 1 amide bonds. The average molecular weight is 582 g/mol. The monoisotopic (exact) mass is 581 g/mol. The number of halogens is 4. The molecule has 40 heavy (non-hydrogen) atoms. The molecule has 9 nitrogen and oxygen atoms in total. The van der Waals surface area contributed by atoms with Crippen LogP contribution in [0.2, 0.25) is 0 Å². The van der Waals surface area contributed by atoms with Crippen LogP contribution in [0.5, 0.6) is 5.88 Å². The normalized spacial score (nSPS) is 20.4. The van der Waals surface area contributed by atoms with Crippen LogP contribution in [0, 0.1) is 5.82 Å². The first-order valence-electron chi connectivity index (χ1n) is 13.0. The highest BCUT2D eigenvalue weighted by Crippen LogP contribution is 2.30. The molecule has 2 aliphatic rings. The summed E-state index contributed by atoms with van der Waals surface area (Å²) in [6.45, 7) is -1.58. The maximum absolute atomic E-state index is 14.1. The summed E-state index contributed by atoms with van der Waals surface area (Å²) in [7, 11) is 0. The van der Waals surface area contributed by atoms with Gasteiger partial charge in [-0.2, -0.15) is 24.9 Å². The number of carbonyl (C=O) groups is 1. The molecule has 0 radical (unpaired) electrons. The highest BCUT2D eigenvalue weighted by Gasteiger charge is 2.32. The zero-order valence-electron chi connectivity index (χ0n) is 21.3. The van der Waals surface area contributed by atoms with Crippen molar-refractivity contribution in [2.24, 2.45) is 0 Å². The van der Waals surface area contributed by atoms with Gasteiger partial charge in [-0.3, -0.25) is 18.7 Å². The second kappa shape index (κ2) is 11.6. The standard InChI is InChI=1S/C26H27F4N5O4S/c27-15-12-20-21(32-13-15)34(18-7-10-40-11-8-18)25(38)35(24(20)37)17-5-3-16(4-6-17)33-22(36)19-2-1-9-31-23(19)39-14-26(28,29)30/h1-2,9,12-13,16-18H,3-8,10-11,14H2,(H,33,36). The second-order valence-corrected chi connectivity index (χ2v) is 11.2. The van der Waals surface area contributed by atoms with E-state index in [1.54, 1.807) is 11.8 Å². The Kier molecular flexibility index (Phi) is 8.15. The molecule has 4 heterocycles. The molecular formula is C26H27F4N5O4S. The van der Waals surface area contributed by atoms with E-state index in [4.69, 9.17) is 4.74 Å². The molecular weight excluding hydrogens is 554 g/mol. The number of nitrogens with zero attached hydrogens (tertiary/aromatic N) is 4. The highest BCUT2D eigenvalue weighted by molar-refractivity contribution is 7.99. The van der Waals surface area contributed by atoms with Crippen molar-refractivity contribution in [2.45, 2.75) is 62.8 Å². The van der Waals surface area contributed by atoms with Crippen molar-refractivity contribution in [1.29, 1.82) is 0 Å². The quantitative estimate of drug-likeness (QED) is 0.438. The highest BCUT2D eigenvalue weighted by atomic mass is 32.2. The number of alkyl halides is 3. The van der Waals surface area contributed by atoms with E-state index in [1.165, 1.54) is 27.5 Å². The van der Waals surface area contributed by atoms with Gasteiger partial charge in [0.05, 0.1) is 11.6 Å². The molecule has 1 saturated heterocycles. The molecule has 0 aromatic carbocycles. The zero-order valence-corrected chi connectivity index (χ0v) is 22.1. The van der Waals surface area contributed by atoms with Gasteiger partial charge in [0.15, 0.2) is 6.61 Å². The number of amides is 1. The van der Waals surface area contributed by atoms with Crippen LogP contribution in [0.3, 0.4) is 0 Å². The van der Waals surface area contributed by atoms with Crippen LogP contribution in [-0.4, -0.2) is 55.3 Å². The number of pyridine rings is 2. The summed E-state index contributed by atoms with van der Waals surface area (Å²) in [5, 5.41) is 2.85. The third-order valence-corrected chi connectivity index (χ3v) is 8.31. The fraction of sp³-hybridized carbons (Fsp3) is 0.500. The minimum atomic E-state index is -4.58. The van der Waals surface area contributed by atoms with Crippen molar-refractivity contribution in [1.82, 2.24) is 24.4 Å². The van der Waals surface area contributed by atoms with Gasteiger partial charge in [-0.1, -0.05) is 0 Å². The maximum atomic E-state index is 14.1. The predicted octanol–water partition coefficient (Wildman–Crippen LogP) is 4.02. The number of hydrogen-bond donors (Lipinski definition) is 1. The van der Waals surface area contributed by atoms with E-state index in [-0.39, 0.29) is 28.7 Å². The van der Waals surface area contributed by atoms with Gasteiger partial charge in [-0.25, -0.2) is 19.2 Å². The minimum absolute atomic E-state index is 0.0521. The van der Waals surface area contributed by atoms with E-state index in [2.05, 4.69) is 15.3 Å². The lowest BCUT2D eigenvalue weighted by Gasteiger charge is -2.31. The smallest absolute Gasteiger partial charge is 0.422 e. The Morgan fingerprint density at radius 1 is 1.05 bits per heavy atom. The summed E-state index contributed by atoms with van der Waals surface area (Å²) >= 11 is 1.79. The van der Waals surface area contributed by atoms with E-state index in [0.29, 0.717) is 25.7 Å². The number of fused-ring (bicyclic) bond motifs is 1. The van der Waals surface area contributed by atoms with Crippen molar-refractivity contribution in [3.63, 3.8) is 0 Å². The number of nitrogens with one attached hydrogen (secondary N) is 1. The molecule has 14 heteroatoms. The molecule has 0 spiro atoms.